The van der Waals surface area contributed by atoms with E-state index >= 15 is 0 Å². The van der Waals surface area contributed by atoms with Crippen LogP contribution in [0.4, 0.5) is 0 Å². The van der Waals surface area contributed by atoms with Gasteiger partial charge in [-0.3, -0.25) is 4.79 Å². The van der Waals surface area contributed by atoms with Crippen LogP contribution >= 0.6 is 11.8 Å². The van der Waals surface area contributed by atoms with E-state index in [9.17, 15) is 9.90 Å². The van der Waals surface area contributed by atoms with Gasteiger partial charge in [-0.25, -0.2) is 0 Å². The van der Waals surface area contributed by atoms with Crippen LogP contribution in [0.1, 0.15) is 24.2 Å². The maximum absolute atomic E-state index is 12.3. The van der Waals surface area contributed by atoms with E-state index < -0.39 is 6.10 Å². The molecular weight excluding hydrogens is 350 g/mol. The molecule has 0 fully saturated rings. The minimum Gasteiger partial charge on any atom is -0.493 e. The van der Waals surface area contributed by atoms with Gasteiger partial charge in [0.15, 0.2) is 11.5 Å². The number of benzene rings is 2. The first-order valence-electron chi connectivity index (χ1n) is 8.38. The number of hydrogen-bond donors (Lipinski definition) is 2. The summed E-state index contributed by atoms with van der Waals surface area (Å²) in [7, 11) is 3.17. The average Bonchev–Trinajstić information content (AvgIpc) is 2.70. The molecule has 0 aliphatic rings. The molecule has 5 nitrogen and oxygen atoms in total. The molecule has 2 aromatic carbocycles. The molecule has 2 rings (SSSR count). The maximum Gasteiger partial charge on any atom is 0.233 e. The van der Waals surface area contributed by atoms with E-state index in [-0.39, 0.29) is 11.2 Å². The number of amides is 1. The molecule has 1 amide bonds. The quantitative estimate of drug-likeness (QED) is 0.705. The first kappa shape index (κ1) is 20.1. The Morgan fingerprint density at radius 2 is 1.81 bits per heavy atom. The number of hydrogen-bond acceptors (Lipinski definition) is 5. The van der Waals surface area contributed by atoms with Gasteiger partial charge in [0.05, 0.1) is 25.6 Å². The van der Waals surface area contributed by atoms with E-state index in [1.165, 1.54) is 11.8 Å². The van der Waals surface area contributed by atoms with Crippen molar-refractivity contribution in [1.29, 1.82) is 0 Å². The summed E-state index contributed by atoms with van der Waals surface area (Å²) in [5.41, 5.74) is 1.79. The van der Waals surface area contributed by atoms with Crippen molar-refractivity contribution in [1.82, 2.24) is 5.32 Å². The van der Waals surface area contributed by atoms with Gasteiger partial charge >= 0.3 is 0 Å². The van der Waals surface area contributed by atoms with Crippen molar-refractivity contribution in [3.8, 4) is 11.5 Å². The van der Waals surface area contributed by atoms with E-state index in [0.717, 1.165) is 11.1 Å². The summed E-state index contributed by atoms with van der Waals surface area (Å²) in [6.07, 6.45) is -0.581. The zero-order chi connectivity index (χ0) is 18.9. The molecule has 140 valence electrons. The minimum atomic E-state index is -0.581. The minimum absolute atomic E-state index is 0.0648. The molecule has 0 saturated carbocycles. The Morgan fingerprint density at radius 1 is 1.12 bits per heavy atom. The van der Waals surface area contributed by atoms with Crippen LogP contribution in [0.2, 0.25) is 0 Å². The van der Waals surface area contributed by atoms with E-state index in [4.69, 9.17) is 9.47 Å². The predicted octanol–water partition coefficient (Wildman–Crippen LogP) is 3.18. The number of thioether (sulfide) groups is 1. The Morgan fingerprint density at radius 3 is 2.46 bits per heavy atom. The number of rotatable bonds is 9. The Labute approximate surface area is 158 Å². The first-order chi connectivity index (χ1) is 12.5. The number of aliphatic hydroxyl groups excluding tert-OH is 1. The van der Waals surface area contributed by atoms with Crippen LogP contribution < -0.4 is 14.8 Å². The van der Waals surface area contributed by atoms with Crippen molar-refractivity contribution >= 4 is 17.7 Å². The number of carbonyl (C=O) groups excluding carboxylic acids is 1. The third-order valence-electron chi connectivity index (χ3n) is 3.97. The molecule has 0 spiro atoms. The topological polar surface area (TPSA) is 67.8 Å². The van der Waals surface area contributed by atoms with Gasteiger partial charge in [-0.2, -0.15) is 0 Å². The Hall–Kier alpha value is -2.18. The van der Waals surface area contributed by atoms with Crippen LogP contribution in [0.3, 0.4) is 0 Å². The van der Waals surface area contributed by atoms with Crippen molar-refractivity contribution in [2.75, 3.05) is 20.0 Å². The zero-order valence-electron chi connectivity index (χ0n) is 15.3. The highest BCUT2D eigenvalue weighted by Crippen LogP contribution is 2.27. The van der Waals surface area contributed by atoms with Gasteiger partial charge in [0.2, 0.25) is 5.91 Å². The fourth-order valence-electron chi connectivity index (χ4n) is 2.41. The lowest BCUT2D eigenvalue weighted by atomic mass is 10.1. The molecule has 6 heteroatoms. The lowest BCUT2D eigenvalue weighted by Crippen LogP contribution is -2.31. The van der Waals surface area contributed by atoms with E-state index in [2.05, 4.69) is 5.32 Å². The molecule has 26 heavy (non-hydrogen) atoms. The zero-order valence-corrected chi connectivity index (χ0v) is 16.1. The number of carbonyl (C=O) groups is 1. The maximum atomic E-state index is 12.3. The number of aliphatic hydroxyl groups is 1. The van der Waals surface area contributed by atoms with Crippen molar-refractivity contribution in [2.24, 2.45) is 0 Å². The Kier molecular flexibility index (Phi) is 7.81. The standard InChI is InChI=1S/C20H25NO4S/c1-14(26-13-17(22)16-7-5-4-6-8-16)20(23)21-12-15-9-10-18(24-2)19(11-15)25-3/h4-11,14,17,22H,12-13H2,1-3H3,(H,21,23). The molecule has 0 bridgehead atoms. The van der Waals surface area contributed by atoms with E-state index in [1.807, 2.05) is 55.5 Å². The molecule has 2 aromatic rings. The van der Waals surface area contributed by atoms with Crippen LogP contribution in [-0.4, -0.2) is 36.2 Å². The Bertz CT molecular complexity index is 708. The summed E-state index contributed by atoms with van der Waals surface area (Å²) in [6.45, 7) is 2.25. The highest BCUT2D eigenvalue weighted by atomic mass is 32.2. The molecule has 0 saturated heterocycles. The van der Waals surface area contributed by atoms with E-state index in [0.29, 0.717) is 23.8 Å². The largest absolute Gasteiger partial charge is 0.493 e. The van der Waals surface area contributed by atoms with Gasteiger partial charge in [0, 0.05) is 12.3 Å². The third kappa shape index (κ3) is 5.68. The van der Waals surface area contributed by atoms with Crippen molar-refractivity contribution < 1.29 is 19.4 Å². The van der Waals surface area contributed by atoms with Crippen LogP contribution in [0.25, 0.3) is 0 Å². The van der Waals surface area contributed by atoms with Crippen LogP contribution in [0.5, 0.6) is 11.5 Å². The summed E-state index contributed by atoms with van der Waals surface area (Å²) in [5, 5.41) is 12.8. The van der Waals surface area contributed by atoms with Crippen molar-refractivity contribution in [3.05, 3.63) is 59.7 Å². The molecule has 2 N–H and O–H groups in total. The highest BCUT2D eigenvalue weighted by molar-refractivity contribution is 8.00. The average molecular weight is 375 g/mol. The SMILES string of the molecule is COc1ccc(CNC(=O)C(C)SCC(O)c2ccccc2)cc1OC. The lowest BCUT2D eigenvalue weighted by molar-refractivity contribution is -0.120. The fourth-order valence-corrected chi connectivity index (χ4v) is 3.30. The third-order valence-corrected chi connectivity index (χ3v) is 5.19. The normalized spacial score (nSPS) is 12.9. The number of nitrogens with one attached hydrogen (secondary N) is 1. The monoisotopic (exact) mass is 375 g/mol. The van der Waals surface area contributed by atoms with Crippen molar-refractivity contribution in [2.45, 2.75) is 24.8 Å². The summed E-state index contributed by atoms with van der Waals surface area (Å²) in [5.74, 6) is 1.69. The highest BCUT2D eigenvalue weighted by Gasteiger charge is 2.16. The van der Waals surface area contributed by atoms with Gasteiger partial charge in [-0.05, 0) is 30.2 Å². The van der Waals surface area contributed by atoms with Crippen LogP contribution in [0, 0.1) is 0 Å². The smallest absolute Gasteiger partial charge is 0.233 e. The predicted molar refractivity (Wildman–Crippen MR) is 105 cm³/mol. The van der Waals surface area contributed by atoms with Crippen molar-refractivity contribution in [3.63, 3.8) is 0 Å². The van der Waals surface area contributed by atoms with Gasteiger partial charge in [0.1, 0.15) is 0 Å². The van der Waals surface area contributed by atoms with Gasteiger partial charge in [-0.15, -0.1) is 11.8 Å². The van der Waals surface area contributed by atoms with Crippen LogP contribution in [-0.2, 0) is 11.3 Å². The number of methoxy groups -OCH3 is 2. The molecule has 0 heterocycles. The van der Waals surface area contributed by atoms with Gasteiger partial charge < -0.3 is 19.9 Å². The molecule has 2 unspecified atom stereocenters. The summed E-state index contributed by atoms with van der Waals surface area (Å²) >= 11 is 1.43. The molecule has 0 aliphatic heterocycles. The Balaban J connectivity index is 1.82. The van der Waals surface area contributed by atoms with E-state index in [1.54, 1.807) is 14.2 Å². The summed E-state index contributed by atoms with van der Waals surface area (Å²) < 4.78 is 10.5. The summed E-state index contributed by atoms with van der Waals surface area (Å²) in [6, 6.07) is 15.0. The molecule has 0 aliphatic carbocycles. The second kappa shape index (κ2) is 10.1. The van der Waals surface area contributed by atoms with Gasteiger partial charge in [0.25, 0.3) is 0 Å². The van der Waals surface area contributed by atoms with Crippen LogP contribution in [0.15, 0.2) is 48.5 Å². The molecular formula is C20H25NO4S. The molecule has 0 radical (unpaired) electrons. The summed E-state index contributed by atoms with van der Waals surface area (Å²) in [4.78, 5) is 12.3. The lowest BCUT2D eigenvalue weighted by Gasteiger charge is -2.15. The van der Waals surface area contributed by atoms with Gasteiger partial charge in [-0.1, -0.05) is 36.4 Å². The molecule has 0 aromatic heterocycles. The first-order valence-corrected chi connectivity index (χ1v) is 9.43. The second-order valence-electron chi connectivity index (χ2n) is 5.81. The number of ether oxygens (including phenoxy) is 2. The fraction of sp³-hybridized carbons (Fsp3) is 0.350. The second-order valence-corrected chi connectivity index (χ2v) is 7.18. The molecule has 2 atom stereocenters.